The third-order valence-corrected chi connectivity index (χ3v) is 6.34. The van der Waals surface area contributed by atoms with Gasteiger partial charge in [0, 0.05) is 43.0 Å². The Balaban J connectivity index is 1.31. The maximum absolute atomic E-state index is 14.3. The monoisotopic (exact) mass is 514 g/mol. The molecule has 2 heterocycles. The van der Waals surface area contributed by atoms with Gasteiger partial charge in [-0.15, -0.1) is 0 Å². The van der Waals surface area contributed by atoms with Gasteiger partial charge < -0.3 is 20.3 Å². The molecule has 3 amide bonds. The normalized spacial score (nSPS) is 17.9. The average molecular weight is 514 g/mol. The highest BCUT2D eigenvalue weighted by atomic mass is 19.2. The summed E-state index contributed by atoms with van der Waals surface area (Å²) in [5, 5.41) is 5.35. The summed E-state index contributed by atoms with van der Waals surface area (Å²) >= 11 is 0. The molecule has 0 aliphatic carbocycles. The molecule has 0 aromatic heterocycles. The SMILES string of the molecule is O=C1CN2CCN(C(=O)Nc3ccc(F)c(F)c3)C[C@@H]2COc2ccc(-c3ccc(F)cc3F)cc2N1. The largest absolute Gasteiger partial charge is 0.490 e. The van der Waals surface area contributed by atoms with Crippen LogP contribution < -0.4 is 15.4 Å². The molecular formula is C26H22F4N4O3. The van der Waals surface area contributed by atoms with Gasteiger partial charge in [-0.3, -0.25) is 9.69 Å². The lowest BCUT2D eigenvalue weighted by molar-refractivity contribution is -0.118. The molecule has 2 aliphatic rings. The Kier molecular flexibility index (Phi) is 6.70. The molecule has 2 aliphatic heterocycles. The van der Waals surface area contributed by atoms with Gasteiger partial charge in [0.2, 0.25) is 5.91 Å². The van der Waals surface area contributed by atoms with Crippen molar-refractivity contribution < 1.29 is 31.9 Å². The smallest absolute Gasteiger partial charge is 0.321 e. The molecule has 0 spiro atoms. The van der Waals surface area contributed by atoms with Crippen LogP contribution in [0.3, 0.4) is 0 Å². The van der Waals surface area contributed by atoms with Crippen LogP contribution in [0.1, 0.15) is 0 Å². The van der Waals surface area contributed by atoms with E-state index in [1.807, 2.05) is 4.90 Å². The molecule has 0 bridgehead atoms. The Morgan fingerprint density at radius 3 is 2.57 bits per heavy atom. The topological polar surface area (TPSA) is 73.9 Å². The number of nitrogens with zero attached hydrogens (tertiary/aromatic N) is 2. The summed E-state index contributed by atoms with van der Waals surface area (Å²) in [5.74, 6) is -3.44. The van der Waals surface area contributed by atoms with Gasteiger partial charge >= 0.3 is 6.03 Å². The number of ether oxygens (including phenoxy) is 1. The number of carbonyl (C=O) groups excluding carboxylic acids is 2. The Bertz CT molecular complexity index is 1370. The Hall–Kier alpha value is -4.12. The molecule has 0 unspecified atom stereocenters. The minimum Gasteiger partial charge on any atom is -0.490 e. The van der Waals surface area contributed by atoms with Crippen molar-refractivity contribution in [2.45, 2.75) is 6.04 Å². The molecule has 0 saturated carbocycles. The molecule has 2 N–H and O–H groups in total. The molecule has 0 radical (unpaired) electrons. The van der Waals surface area contributed by atoms with Crippen molar-refractivity contribution in [3.8, 4) is 16.9 Å². The molecule has 7 nitrogen and oxygen atoms in total. The molecule has 1 atom stereocenters. The average Bonchev–Trinajstić information content (AvgIpc) is 2.92. The molecule has 192 valence electrons. The molecule has 5 rings (SSSR count). The summed E-state index contributed by atoms with van der Waals surface area (Å²) < 4.78 is 60.3. The van der Waals surface area contributed by atoms with E-state index in [-0.39, 0.29) is 42.9 Å². The van der Waals surface area contributed by atoms with Gasteiger partial charge in [-0.05, 0) is 42.0 Å². The van der Waals surface area contributed by atoms with E-state index in [2.05, 4.69) is 10.6 Å². The first kappa shape index (κ1) is 24.6. The van der Waals surface area contributed by atoms with Gasteiger partial charge in [0.05, 0.1) is 18.3 Å². The standard InChI is InChI=1S/C26H22F4N4O3/c27-16-2-4-19(21(29)10-16)15-1-6-24-23(9-15)32-25(35)13-33-7-8-34(12-18(33)14-37-24)26(36)31-17-3-5-20(28)22(30)11-17/h1-6,9-11,18H,7-8,12-14H2,(H,31,36)(H,32,35)/t18-/m1/s1. The minimum atomic E-state index is -1.07. The summed E-state index contributed by atoms with van der Waals surface area (Å²) in [7, 11) is 0. The van der Waals surface area contributed by atoms with E-state index in [0.717, 1.165) is 24.3 Å². The number of piperazine rings is 1. The lowest BCUT2D eigenvalue weighted by Crippen LogP contribution is -2.58. The highest BCUT2D eigenvalue weighted by Crippen LogP contribution is 2.33. The van der Waals surface area contributed by atoms with E-state index in [4.69, 9.17) is 4.74 Å². The van der Waals surface area contributed by atoms with E-state index >= 15 is 0 Å². The Morgan fingerprint density at radius 1 is 0.946 bits per heavy atom. The van der Waals surface area contributed by atoms with E-state index in [1.165, 1.54) is 17.0 Å². The second kappa shape index (κ2) is 10.1. The number of anilines is 2. The second-order valence-electron chi connectivity index (χ2n) is 8.82. The van der Waals surface area contributed by atoms with Crippen LogP contribution in [0.25, 0.3) is 11.1 Å². The number of rotatable bonds is 2. The number of hydrogen-bond donors (Lipinski definition) is 2. The molecule has 37 heavy (non-hydrogen) atoms. The van der Waals surface area contributed by atoms with Crippen molar-refractivity contribution in [3.05, 3.63) is 77.9 Å². The van der Waals surface area contributed by atoms with E-state index in [1.54, 1.807) is 18.2 Å². The van der Waals surface area contributed by atoms with Crippen molar-refractivity contribution >= 4 is 23.3 Å². The highest BCUT2D eigenvalue weighted by Gasteiger charge is 2.32. The van der Waals surface area contributed by atoms with Crippen LogP contribution in [-0.2, 0) is 4.79 Å². The van der Waals surface area contributed by atoms with E-state index in [0.29, 0.717) is 30.1 Å². The summed E-state index contributed by atoms with van der Waals surface area (Å²) in [4.78, 5) is 28.9. The number of amides is 3. The Morgan fingerprint density at radius 2 is 1.78 bits per heavy atom. The third kappa shape index (κ3) is 5.36. The van der Waals surface area contributed by atoms with Gasteiger partial charge in [0.25, 0.3) is 0 Å². The first-order valence-electron chi connectivity index (χ1n) is 11.5. The summed E-state index contributed by atoms with van der Waals surface area (Å²) in [6.45, 7) is 1.12. The number of nitrogens with one attached hydrogen (secondary N) is 2. The number of benzene rings is 3. The fourth-order valence-electron chi connectivity index (χ4n) is 4.42. The quantitative estimate of drug-likeness (QED) is 0.496. The lowest BCUT2D eigenvalue weighted by Gasteiger charge is -2.40. The maximum Gasteiger partial charge on any atom is 0.321 e. The van der Waals surface area contributed by atoms with Crippen molar-refractivity contribution in [1.29, 1.82) is 0 Å². The zero-order chi connectivity index (χ0) is 26.1. The zero-order valence-corrected chi connectivity index (χ0v) is 19.4. The zero-order valence-electron chi connectivity index (χ0n) is 19.4. The van der Waals surface area contributed by atoms with Crippen molar-refractivity contribution in [3.63, 3.8) is 0 Å². The Labute approximate surface area is 209 Å². The molecule has 1 fully saturated rings. The number of halogens is 4. The van der Waals surface area contributed by atoms with Crippen LogP contribution in [0.4, 0.5) is 33.7 Å². The van der Waals surface area contributed by atoms with Gasteiger partial charge in [-0.25, -0.2) is 22.4 Å². The predicted molar refractivity (Wildman–Crippen MR) is 128 cm³/mol. The van der Waals surface area contributed by atoms with E-state index in [9.17, 15) is 27.2 Å². The number of urea groups is 1. The second-order valence-corrected chi connectivity index (χ2v) is 8.82. The summed E-state index contributed by atoms with van der Waals surface area (Å²) in [6.07, 6.45) is 0. The molecule has 1 saturated heterocycles. The summed E-state index contributed by atoms with van der Waals surface area (Å²) in [5.41, 5.74) is 1.09. The van der Waals surface area contributed by atoms with Crippen LogP contribution in [0.2, 0.25) is 0 Å². The summed E-state index contributed by atoms with van der Waals surface area (Å²) in [6, 6.07) is 10.3. The maximum atomic E-state index is 14.3. The van der Waals surface area contributed by atoms with Gasteiger partial charge in [-0.2, -0.15) is 0 Å². The molecule has 3 aromatic rings. The highest BCUT2D eigenvalue weighted by molar-refractivity contribution is 5.95. The van der Waals surface area contributed by atoms with Gasteiger partial charge in [0.15, 0.2) is 11.6 Å². The number of hydrogen-bond acceptors (Lipinski definition) is 4. The fourth-order valence-corrected chi connectivity index (χ4v) is 4.42. The van der Waals surface area contributed by atoms with Crippen LogP contribution in [0.5, 0.6) is 5.75 Å². The molecular weight excluding hydrogens is 492 g/mol. The van der Waals surface area contributed by atoms with Gasteiger partial charge in [-0.1, -0.05) is 6.07 Å². The van der Waals surface area contributed by atoms with Crippen molar-refractivity contribution in [1.82, 2.24) is 9.80 Å². The fraction of sp³-hybridized carbons (Fsp3) is 0.231. The first-order chi connectivity index (χ1) is 17.8. The van der Waals surface area contributed by atoms with Crippen LogP contribution in [-0.4, -0.2) is 60.6 Å². The number of carbonyl (C=O) groups is 2. The predicted octanol–water partition coefficient (Wildman–Crippen LogP) is 4.46. The molecule has 11 heteroatoms. The first-order valence-corrected chi connectivity index (χ1v) is 11.5. The van der Waals surface area contributed by atoms with Crippen LogP contribution in [0.15, 0.2) is 54.6 Å². The van der Waals surface area contributed by atoms with Crippen molar-refractivity contribution in [2.24, 2.45) is 0 Å². The third-order valence-electron chi connectivity index (χ3n) is 6.34. The van der Waals surface area contributed by atoms with Crippen LogP contribution >= 0.6 is 0 Å². The van der Waals surface area contributed by atoms with E-state index < -0.39 is 29.3 Å². The van der Waals surface area contributed by atoms with Crippen LogP contribution in [0, 0.1) is 23.3 Å². The molecule has 3 aromatic carbocycles. The van der Waals surface area contributed by atoms with Crippen molar-refractivity contribution in [2.75, 3.05) is 43.4 Å². The number of fused-ring (bicyclic) bond motifs is 2. The minimum absolute atomic E-state index is 0.0429. The lowest BCUT2D eigenvalue weighted by atomic mass is 10.0. The van der Waals surface area contributed by atoms with Gasteiger partial charge in [0.1, 0.15) is 24.0 Å².